The first-order valence-electron chi connectivity index (χ1n) is 8.85. The van der Waals surface area contributed by atoms with E-state index < -0.39 is 4.92 Å². The molecular weight excluding hydrogens is 330 g/mol. The van der Waals surface area contributed by atoms with E-state index in [1.54, 1.807) is 19.1 Å². The van der Waals surface area contributed by atoms with Crippen LogP contribution in [0.15, 0.2) is 48.5 Å². The van der Waals surface area contributed by atoms with Crippen molar-refractivity contribution in [3.63, 3.8) is 0 Å². The van der Waals surface area contributed by atoms with Gasteiger partial charge in [-0.05, 0) is 31.0 Å². The van der Waals surface area contributed by atoms with Gasteiger partial charge in [0.2, 0.25) is 0 Å². The van der Waals surface area contributed by atoms with Crippen LogP contribution < -0.4 is 0 Å². The van der Waals surface area contributed by atoms with Crippen molar-refractivity contribution in [1.29, 1.82) is 0 Å². The molecular formula is C20H23N3O3. The van der Waals surface area contributed by atoms with E-state index in [-0.39, 0.29) is 11.6 Å². The maximum absolute atomic E-state index is 12.7. The van der Waals surface area contributed by atoms with Gasteiger partial charge in [0.05, 0.1) is 4.92 Å². The van der Waals surface area contributed by atoms with Crippen LogP contribution in [0.2, 0.25) is 0 Å². The van der Waals surface area contributed by atoms with Crippen molar-refractivity contribution in [2.45, 2.75) is 13.3 Å². The van der Waals surface area contributed by atoms with E-state index in [2.05, 4.69) is 29.2 Å². The lowest BCUT2D eigenvalue weighted by molar-refractivity contribution is -0.385. The molecule has 1 heterocycles. The highest BCUT2D eigenvalue weighted by Crippen LogP contribution is 2.20. The minimum atomic E-state index is -0.422. The van der Waals surface area contributed by atoms with Gasteiger partial charge >= 0.3 is 0 Å². The Morgan fingerprint density at radius 1 is 1.08 bits per heavy atom. The zero-order valence-electron chi connectivity index (χ0n) is 14.9. The maximum Gasteiger partial charge on any atom is 0.272 e. The van der Waals surface area contributed by atoms with Gasteiger partial charge < -0.3 is 4.90 Å². The van der Waals surface area contributed by atoms with E-state index in [0.717, 1.165) is 26.1 Å². The SMILES string of the molecule is Cc1cc(C(=O)N2CCN(CCc3ccccc3)CC2)ccc1[N+](=O)[O-]. The van der Waals surface area contributed by atoms with Crippen molar-refractivity contribution < 1.29 is 9.72 Å². The Bertz CT molecular complexity index is 784. The number of nitro groups is 1. The molecule has 26 heavy (non-hydrogen) atoms. The summed E-state index contributed by atoms with van der Waals surface area (Å²) in [4.78, 5) is 27.4. The normalized spacial score (nSPS) is 15.0. The molecule has 6 nitrogen and oxygen atoms in total. The molecule has 0 atom stereocenters. The van der Waals surface area contributed by atoms with Gasteiger partial charge in [-0.3, -0.25) is 19.8 Å². The molecule has 1 saturated heterocycles. The number of nitro benzene ring substituents is 1. The van der Waals surface area contributed by atoms with Crippen molar-refractivity contribution in [3.05, 3.63) is 75.3 Å². The van der Waals surface area contributed by atoms with E-state index in [1.807, 2.05) is 11.0 Å². The summed E-state index contributed by atoms with van der Waals surface area (Å²) in [5.74, 6) is -0.0503. The molecule has 3 rings (SSSR count). The summed E-state index contributed by atoms with van der Waals surface area (Å²) in [5.41, 5.74) is 2.41. The molecule has 6 heteroatoms. The standard InChI is InChI=1S/C20H23N3O3/c1-16-15-18(7-8-19(16)23(25)26)20(24)22-13-11-21(12-14-22)10-9-17-5-3-2-4-6-17/h2-8,15H,9-14H2,1H3. The van der Waals surface area contributed by atoms with E-state index in [0.29, 0.717) is 24.2 Å². The van der Waals surface area contributed by atoms with Crippen molar-refractivity contribution in [1.82, 2.24) is 9.80 Å². The van der Waals surface area contributed by atoms with Crippen LogP contribution in [0.1, 0.15) is 21.5 Å². The zero-order chi connectivity index (χ0) is 18.5. The molecule has 0 N–H and O–H groups in total. The average Bonchev–Trinajstić information content (AvgIpc) is 2.66. The summed E-state index contributed by atoms with van der Waals surface area (Å²) < 4.78 is 0. The minimum absolute atomic E-state index is 0.0484. The van der Waals surface area contributed by atoms with Crippen molar-refractivity contribution >= 4 is 11.6 Å². The molecule has 0 bridgehead atoms. The van der Waals surface area contributed by atoms with Crippen LogP contribution >= 0.6 is 0 Å². The summed E-state index contributed by atoms with van der Waals surface area (Å²) in [6.07, 6.45) is 1.01. The highest BCUT2D eigenvalue weighted by molar-refractivity contribution is 5.94. The quantitative estimate of drug-likeness (QED) is 0.612. The third kappa shape index (κ3) is 4.26. The molecule has 0 aromatic heterocycles. The Labute approximate surface area is 153 Å². The number of piperazine rings is 1. The van der Waals surface area contributed by atoms with Crippen LogP contribution in [0.4, 0.5) is 5.69 Å². The highest BCUT2D eigenvalue weighted by atomic mass is 16.6. The van der Waals surface area contributed by atoms with Crippen LogP contribution in [0.3, 0.4) is 0 Å². The topological polar surface area (TPSA) is 66.7 Å². The fraction of sp³-hybridized carbons (Fsp3) is 0.350. The first kappa shape index (κ1) is 18.1. The molecule has 1 fully saturated rings. The summed E-state index contributed by atoms with van der Waals surface area (Å²) >= 11 is 0. The number of rotatable bonds is 5. The second-order valence-electron chi connectivity index (χ2n) is 6.63. The number of hydrogen-bond acceptors (Lipinski definition) is 4. The summed E-state index contributed by atoms with van der Waals surface area (Å²) in [7, 11) is 0. The van der Waals surface area contributed by atoms with E-state index >= 15 is 0 Å². The summed E-state index contributed by atoms with van der Waals surface area (Å²) in [5, 5.41) is 10.9. The molecule has 0 spiro atoms. The number of amides is 1. The van der Waals surface area contributed by atoms with Gasteiger partial charge in [-0.25, -0.2) is 0 Å². The summed E-state index contributed by atoms with van der Waals surface area (Å²) in [6.45, 7) is 5.72. The van der Waals surface area contributed by atoms with Crippen LogP contribution in [0.5, 0.6) is 0 Å². The lowest BCUT2D eigenvalue weighted by Crippen LogP contribution is -2.49. The lowest BCUT2D eigenvalue weighted by atomic mass is 10.1. The van der Waals surface area contributed by atoms with Crippen molar-refractivity contribution in [2.24, 2.45) is 0 Å². The molecule has 0 unspecified atom stereocenters. The van der Waals surface area contributed by atoms with Crippen LogP contribution in [-0.2, 0) is 6.42 Å². The Morgan fingerprint density at radius 3 is 2.38 bits per heavy atom. The molecule has 0 saturated carbocycles. The molecule has 2 aromatic rings. The number of carbonyl (C=O) groups is 1. The number of aryl methyl sites for hydroxylation is 1. The average molecular weight is 353 g/mol. The Balaban J connectivity index is 1.53. The molecule has 0 aliphatic carbocycles. The predicted octanol–water partition coefficient (Wildman–Crippen LogP) is 2.90. The van der Waals surface area contributed by atoms with Crippen molar-refractivity contribution in [3.8, 4) is 0 Å². The van der Waals surface area contributed by atoms with Gasteiger partial charge in [0.15, 0.2) is 0 Å². The van der Waals surface area contributed by atoms with Crippen molar-refractivity contribution in [2.75, 3.05) is 32.7 Å². The minimum Gasteiger partial charge on any atom is -0.336 e. The first-order valence-corrected chi connectivity index (χ1v) is 8.85. The molecule has 1 aliphatic rings. The lowest BCUT2D eigenvalue weighted by Gasteiger charge is -2.34. The number of carbonyl (C=O) groups excluding carboxylic acids is 1. The smallest absolute Gasteiger partial charge is 0.272 e. The molecule has 1 aliphatic heterocycles. The number of nitrogens with zero attached hydrogens (tertiary/aromatic N) is 3. The molecule has 0 radical (unpaired) electrons. The number of benzene rings is 2. The fourth-order valence-corrected chi connectivity index (χ4v) is 3.28. The second-order valence-corrected chi connectivity index (χ2v) is 6.63. The summed E-state index contributed by atoms with van der Waals surface area (Å²) in [6, 6.07) is 15.0. The van der Waals surface area contributed by atoms with E-state index in [1.165, 1.54) is 11.6 Å². The monoisotopic (exact) mass is 353 g/mol. The van der Waals surface area contributed by atoms with Crippen LogP contribution in [0.25, 0.3) is 0 Å². The Hall–Kier alpha value is -2.73. The Kier molecular flexibility index (Phi) is 5.63. The first-order chi connectivity index (χ1) is 12.5. The largest absolute Gasteiger partial charge is 0.336 e. The van der Waals surface area contributed by atoms with Gasteiger partial charge in [0.25, 0.3) is 11.6 Å². The fourth-order valence-electron chi connectivity index (χ4n) is 3.28. The van der Waals surface area contributed by atoms with Crippen LogP contribution in [0, 0.1) is 17.0 Å². The zero-order valence-corrected chi connectivity index (χ0v) is 14.9. The van der Waals surface area contributed by atoms with Gasteiger partial charge in [0.1, 0.15) is 0 Å². The van der Waals surface area contributed by atoms with Gasteiger partial charge in [-0.2, -0.15) is 0 Å². The third-order valence-corrected chi connectivity index (χ3v) is 4.86. The second kappa shape index (κ2) is 8.10. The van der Waals surface area contributed by atoms with Gasteiger partial charge in [0, 0.05) is 49.9 Å². The van der Waals surface area contributed by atoms with Gasteiger partial charge in [-0.1, -0.05) is 30.3 Å². The number of hydrogen-bond donors (Lipinski definition) is 0. The van der Waals surface area contributed by atoms with E-state index in [9.17, 15) is 14.9 Å². The highest BCUT2D eigenvalue weighted by Gasteiger charge is 2.23. The Morgan fingerprint density at radius 2 is 1.77 bits per heavy atom. The molecule has 136 valence electrons. The predicted molar refractivity (Wildman–Crippen MR) is 100 cm³/mol. The van der Waals surface area contributed by atoms with Crippen LogP contribution in [-0.4, -0.2) is 53.4 Å². The third-order valence-electron chi connectivity index (χ3n) is 4.86. The molecule has 1 amide bonds. The van der Waals surface area contributed by atoms with Gasteiger partial charge in [-0.15, -0.1) is 0 Å². The molecule has 2 aromatic carbocycles. The van der Waals surface area contributed by atoms with E-state index in [4.69, 9.17) is 0 Å². The maximum atomic E-state index is 12.7.